The van der Waals surface area contributed by atoms with Gasteiger partial charge in [-0.05, 0) is 36.4 Å². The minimum atomic E-state index is -4.24. The number of methoxy groups -OCH3 is 1. The second kappa shape index (κ2) is 4.96. The van der Waals surface area contributed by atoms with Gasteiger partial charge in [-0.15, -0.1) is 5.10 Å². The molecule has 1 aromatic heterocycles. The van der Waals surface area contributed by atoms with Crippen LogP contribution in [0.3, 0.4) is 0 Å². The van der Waals surface area contributed by atoms with Crippen molar-refractivity contribution in [1.29, 1.82) is 0 Å². The van der Waals surface area contributed by atoms with E-state index >= 15 is 0 Å². The third kappa shape index (κ3) is 2.54. The summed E-state index contributed by atoms with van der Waals surface area (Å²) in [6.45, 7) is 0. The maximum absolute atomic E-state index is 11.2. The van der Waals surface area contributed by atoms with Crippen LogP contribution in [0.15, 0.2) is 42.5 Å². The predicted molar refractivity (Wildman–Crippen MR) is 77.1 cm³/mol. The molecule has 0 spiro atoms. The van der Waals surface area contributed by atoms with Crippen molar-refractivity contribution in [2.75, 3.05) is 7.11 Å². The van der Waals surface area contributed by atoms with Crippen molar-refractivity contribution in [3.63, 3.8) is 0 Å². The number of ether oxygens (including phenoxy) is 1. The van der Waals surface area contributed by atoms with Gasteiger partial charge in [0.2, 0.25) is 0 Å². The van der Waals surface area contributed by atoms with Crippen LogP contribution in [0.2, 0.25) is 0 Å². The highest BCUT2D eigenvalue weighted by atomic mass is 31.2. The van der Waals surface area contributed by atoms with Crippen LogP contribution in [0, 0.1) is 0 Å². The molecule has 0 saturated carbocycles. The smallest absolute Gasteiger partial charge is 0.356 e. The molecule has 0 bridgehead atoms. The summed E-state index contributed by atoms with van der Waals surface area (Å²) in [5.74, 6) is 0.686. The van der Waals surface area contributed by atoms with Crippen LogP contribution in [0.25, 0.3) is 16.7 Å². The Morgan fingerprint density at radius 2 is 1.86 bits per heavy atom. The third-order valence-corrected chi connectivity index (χ3v) is 4.05. The van der Waals surface area contributed by atoms with E-state index in [0.717, 1.165) is 5.52 Å². The van der Waals surface area contributed by atoms with Crippen molar-refractivity contribution >= 4 is 23.9 Å². The summed E-state index contributed by atoms with van der Waals surface area (Å²) in [5.41, 5.74) is 2.12. The van der Waals surface area contributed by atoms with Gasteiger partial charge in [-0.1, -0.05) is 5.21 Å². The molecule has 0 saturated heterocycles. The van der Waals surface area contributed by atoms with Gasteiger partial charge >= 0.3 is 7.60 Å². The first-order valence-corrected chi connectivity index (χ1v) is 7.66. The van der Waals surface area contributed by atoms with Crippen molar-refractivity contribution in [1.82, 2.24) is 15.0 Å². The van der Waals surface area contributed by atoms with Gasteiger partial charge in [0.1, 0.15) is 11.3 Å². The summed E-state index contributed by atoms with van der Waals surface area (Å²) in [4.78, 5) is 18.2. The Hall–Kier alpha value is -2.21. The Bertz CT molecular complexity index is 838. The highest BCUT2D eigenvalue weighted by molar-refractivity contribution is 7.60. The second-order valence-electron chi connectivity index (χ2n) is 4.42. The lowest BCUT2D eigenvalue weighted by Gasteiger charge is -2.06. The van der Waals surface area contributed by atoms with Crippen molar-refractivity contribution < 1.29 is 19.1 Å². The minimum absolute atomic E-state index is 0.0302. The number of hydrogen-bond acceptors (Lipinski definition) is 4. The number of benzene rings is 2. The Labute approximate surface area is 119 Å². The van der Waals surface area contributed by atoms with E-state index in [0.29, 0.717) is 17.0 Å². The number of fused-ring (bicyclic) bond motifs is 1. The molecule has 0 unspecified atom stereocenters. The quantitative estimate of drug-likeness (QED) is 0.706. The molecule has 2 N–H and O–H groups in total. The van der Waals surface area contributed by atoms with E-state index in [2.05, 4.69) is 10.3 Å². The molecule has 3 aromatic rings. The van der Waals surface area contributed by atoms with E-state index < -0.39 is 7.60 Å². The Morgan fingerprint density at radius 3 is 2.48 bits per heavy atom. The maximum Gasteiger partial charge on any atom is 0.356 e. The summed E-state index contributed by atoms with van der Waals surface area (Å²) in [5, 5.41) is 8.07. The van der Waals surface area contributed by atoms with E-state index in [1.165, 1.54) is 12.1 Å². The monoisotopic (exact) mass is 305 g/mol. The van der Waals surface area contributed by atoms with Crippen LogP contribution < -0.4 is 10.0 Å². The molecule has 108 valence electrons. The molecule has 0 amide bonds. The van der Waals surface area contributed by atoms with Gasteiger partial charge in [0.05, 0.1) is 23.6 Å². The first kappa shape index (κ1) is 13.8. The van der Waals surface area contributed by atoms with Crippen LogP contribution in [0.1, 0.15) is 0 Å². The lowest BCUT2D eigenvalue weighted by Crippen LogP contribution is -2.05. The zero-order valence-corrected chi connectivity index (χ0v) is 11.9. The summed E-state index contributed by atoms with van der Waals surface area (Å²) >= 11 is 0. The molecular formula is C13H12N3O4P. The van der Waals surface area contributed by atoms with Crippen LogP contribution >= 0.6 is 7.60 Å². The van der Waals surface area contributed by atoms with Gasteiger partial charge in [-0.3, -0.25) is 4.57 Å². The zero-order chi connectivity index (χ0) is 15.0. The molecule has 21 heavy (non-hydrogen) atoms. The molecule has 3 rings (SSSR count). The molecule has 0 aliphatic carbocycles. The lowest BCUT2D eigenvalue weighted by molar-refractivity contribution is 0.387. The van der Waals surface area contributed by atoms with Crippen LogP contribution in [-0.2, 0) is 4.57 Å². The first-order valence-electron chi connectivity index (χ1n) is 6.05. The molecule has 8 heteroatoms. The van der Waals surface area contributed by atoms with Crippen molar-refractivity contribution in [3.8, 4) is 11.4 Å². The number of hydrogen-bond donors (Lipinski definition) is 2. The molecular weight excluding hydrogens is 293 g/mol. The average molecular weight is 305 g/mol. The van der Waals surface area contributed by atoms with Crippen LogP contribution in [0.5, 0.6) is 5.75 Å². The van der Waals surface area contributed by atoms with E-state index in [9.17, 15) is 4.57 Å². The van der Waals surface area contributed by atoms with Gasteiger partial charge in [-0.25, -0.2) is 4.68 Å². The topological polar surface area (TPSA) is 97.5 Å². The second-order valence-corrected chi connectivity index (χ2v) is 6.02. The SMILES string of the molecule is COc1ccc2c(c1)nnn2-c1ccc(P(=O)(O)O)cc1. The Kier molecular flexibility index (Phi) is 3.25. The molecule has 0 aliphatic heterocycles. The summed E-state index contributed by atoms with van der Waals surface area (Å²) in [7, 11) is -2.66. The van der Waals surface area contributed by atoms with Crippen molar-refractivity contribution in [3.05, 3.63) is 42.5 Å². The molecule has 7 nitrogen and oxygen atoms in total. The molecule has 0 radical (unpaired) electrons. The number of rotatable bonds is 3. The summed E-state index contributed by atoms with van der Waals surface area (Å²) < 4.78 is 17.9. The van der Waals surface area contributed by atoms with Gasteiger partial charge in [-0.2, -0.15) is 0 Å². The first-order chi connectivity index (χ1) is 9.99. The highest BCUT2D eigenvalue weighted by Gasteiger charge is 2.17. The molecule has 1 heterocycles. The fourth-order valence-corrected chi connectivity index (χ4v) is 2.55. The largest absolute Gasteiger partial charge is 0.497 e. The molecule has 0 fully saturated rings. The average Bonchev–Trinajstić information content (AvgIpc) is 2.89. The van der Waals surface area contributed by atoms with Crippen LogP contribution in [-0.4, -0.2) is 31.9 Å². The lowest BCUT2D eigenvalue weighted by atomic mass is 10.2. The van der Waals surface area contributed by atoms with Crippen LogP contribution in [0.4, 0.5) is 0 Å². The third-order valence-electron chi connectivity index (χ3n) is 3.08. The molecule has 2 aromatic carbocycles. The molecule has 0 atom stereocenters. The zero-order valence-electron chi connectivity index (χ0n) is 11.0. The number of aromatic nitrogens is 3. The van der Waals surface area contributed by atoms with Gasteiger partial charge in [0.15, 0.2) is 0 Å². The standard InChI is InChI=1S/C13H12N3O4P/c1-20-10-4-7-13-12(8-10)14-15-16(13)9-2-5-11(6-3-9)21(17,18)19/h2-8H,1H3,(H2,17,18,19). The van der Waals surface area contributed by atoms with E-state index in [4.69, 9.17) is 14.5 Å². The Balaban J connectivity index is 2.06. The Morgan fingerprint density at radius 1 is 1.14 bits per heavy atom. The van der Waals surface area contributed by atoms with Gasteiger partial charge < -0.3 is 14.5 Å². The predicted octanol–water partition coefficient (Wildman–Crippen LogP) is 1.23. The van der Waals surface area contributed by atoms with E-state index in [1.807, 2.05) is 6.07 Å². The summed E-state index contributed by atoms with van der Waals surface area (Å²) in [6, 6.07) is 11.3. The highest BCUT2D eigenvalue weighted by Crippen LogP contribution is 2.33. The molecule has 0 aliphatic rings. The fourth-order valence-electron chi connectivity index (χ4n) is 2.01. The number of nitrogens with zero attached hydrogens (tertiary/aromatic N) is 3. The van der Waals surface area contributed by atoms with E-state index in [-0.39, 0.29) is 5.30 Å². The van der Waals surface area contributed by atoms with Gasteiger partial charge in [0, 0.05) is 6.07 Å². The maximum atomic E-state index is 11.2. The van der Waals surface area contributed by atoms with Crippen molar-refractivity contribution in [2.24, 2.45) is 0 Å². The fraction of sp³-hybridized carbons (Fsp3) is 0.0769. The summed E-state index contributed by atoms with van der Waals surface area (Å²) in [6.07, 6.45) is 0. The van der Waals surface area contributed by atoms with Crippen molar-refractivity contribution in [2.45, 2.75) is 0 Å². The normalized spacial score (nSPS) is 11.8. The van der Waals surface area contributed by atoms with Gasteiger partial charge in [0.25, 0.3) is 0 Å². The van der Waals surface area contributed by atoms with E-state index in [1.54, 1.807) is 36.1 Å². The minimum Gasteiger partial charge on any atom is -0.497 e.